The molecule has 0 spiro atoms. The van der Waals surface area contributed by atoms with Crippen molar-refractivity contribution in [2.24, 2.45) is 5.84 Å². The Hall–Kier alpha value is -1.23. The molecule has 0 amide bonds. The van der Waals surface area contributed by atoms with Crippen molar-refractivity contribution in [2.45, 2.75) is 6.61 Å². The maximum Gasteiger partial charge on any atom is 0.145 e. The van der Waals surface area contributed by atoms with Crippen molar-refractivity contribution >= 4 is 34.0 Å². The first-order valence-electron chi connectivity index (χ1n) is 5.22. The predicted octanol–water partition coefficient (Wildman–Crippen LogP) is 3.74. The molecule has 0 bridgehead atoms. The van der Waals surface area contributed by atoms with Crippen molar-refractivity contribution < 1.29 is 4.74 Å². The third-order valence-corrected chi connectivity index (χ3v) is 2.83. The second-order valence-electron chi connectivity index (χ2n) is 3.56. The first-order valence-corrected chi connectivity index (χ1v) is 6.02. The number of ether oxygens (including phenoxy) is 1. The second-order valence-corrected chi connectivity index (χ2v) is 4.47. The fourth-order valence-corrected chi connectivity index (χ4v) is 1.81. The normalized spacial score (nSPS) is 9.44. The molecule has 0 unspecified atom stereocenters. The Bertz CT molecular complexity index is 494. The molecule has 0 saturated heterocycles. The zero-order valence-corrected chi connectivity index (χ0v) is 12.0. The van der Waals surface area contributed by atoms with Crippen LogP contribution in [0.1, 0.15) is 5.56 Å². The lowest BCUT2D eigenvalue weighted by Gasteiger charge is -2.11. The summed E-state index contributed by atoms with van der Waals surface area (Å²) in [7, 11) is 0. The van der Waals surface area contributed by atoms with Crippen LogP contribution in [0, 0.1) is 0 Å². The van der Waals surface area contributed by atoms with Crippen molar-refractivity contribution in [3.8, 4) is 5.75 Å². The summed E-state index contributed by atoms with van der Waals surface area (Å²) in [4.78, 5) is 0. The van der Waals surface area contributed by atoms with E-state index in [9.17, 15) is 0 Å². The van der Waals surface area contributed by atoms with Gasteiger partial charge in [-0.05, 0) is 23.8 Å². The number of rotatable bonds is 4. The van der Waals surface area contributed by atoms with Gasteiger partial charge in [-0.15, -0.1) is 12.4 Å². The molecule has 0 radical (unpaired) electrons. The van der Waals surface area contributed by atoms with Crippen LogP contribution in [0.15, 0.2) is 53.0 Å². The summed E-state index contributed by atoms with van der Waals surface area (Å²) in [5, 5.41) is 0. The molecular weight excluding hydrogens is 316 g/mol. The third-order valence-electron chi connectivity index (χ3n) is 2.34. The van der Waals surface area contributed by atoms with Crippen LogP contribution in [-0.2, 0) is 6.61 Å². The predicted molar refractivity (Wildman–Crippen MR) is 80.0 cm³/mol. The molecule has 0 aliphatic carbocycles. The molecule has 0 atom stereocenters. The van der Waals surface area contributed by atoms with E-state index in [1.807, 2.05) is 48.5 Å². The summed E-state index contributed by atoms with van der Waals surface area (Å²) in [5.41, 5.74) is 4.50. The van der Waals surface area contributed by atoms with Crippen LogP contribution in [0.25, 0.3) is 0 Å². The standard InChI is InChI=1S/C13H13BrN2O.ClH/c14-11-6-7-12(16-15)13(8-11)17-9-10-4-2-1-3-5-10;/h1-8,16H,9,15H2;1H. The highest BCUT2D eigenvalue weighted by Gasteiger charge is 2.03. The van der Waals surface area contributed by atoms with E-state index in [0.29, 0.717) is 6.61 Å². The smallest absolute Gasteiger partial charge is 0.145 e. The van der Waals surface area contributed by atoms with Gasteiger partial charge >= 0.3 is 0 Å². The molecule has 0 saturated carbocycles. The second kappa shape index (κ2) is 7.26. The van der Waals surface area contributed by atoms with Crippen molar-refractivity contribution in [2.75, 3.05) is 5.43 Å². The number of nitrogens with two attached hydrogens (primary N) is 1. The highest BCUT2D eigenvalue weighted by molar-refractivity contribution is 9.10. The van der Waals surface area contributed by atoms with Gasteiger partial charge in [0.15, 0.2) is 0 Å². The topological polar surface area (TPSA) is 47.3 Å². The van der Waals surface area contributed by atoms with Crippen LogP contribution < -0.4 is 16.0 Å². The van der Waals surface area contributed by atoms with E-state index in [4.69, 9.17) is 10.6 Å². The van der Waals surface area contributed by atoms with Crippen molar-refractivity contribution in [1.82, 2.24) is 0 Å². The quantitative estimate of drug-likeness (QED) is 0.663. The maximum absolute atomic E-state index is 5.72. The van der Waals surface area contributed by atoms with Crippen molar-refractivity contribution in [3.05, 3.63) is 58.6 Å². The molecule has 2 aromatic carbocycles. The fourth-order valence-electron chi connectivity index (χ4n) is 1.47. The van der Waals surface area contributed by atoms with Gasteiger partial charge in [0.1, 0.15) is 12.4 Å². The van der Waals surface area contributed by atoms with E-state index in [-0.39, 0.29) is 12.4 Å². The molecule has 0 aromatic heterocycles. The van der Waals surface area contributed by atoms with E-state index >= 15 is 0 Å². The molecule has 0 heterocycles. The highest BCUT2D eigenvalue weighted by Crippen LogP contribution is 2.28. The summed E-state index contributed by atoms with van der Waals surface area (Å²) >= 11 is 3.40. The number of nitrogen functional groups attached to an aromatic ring is 1. The van der Waals surface area contributed by atoms with Crippen molar-refractivity contribution in [3.63, 3.8) is 0 Å². The molecule has 0 aliphatic heterocycles. The van der Waals surface area contributed by atoms with Gasteiger partial charge in [-0.3, -0.25) is 5.84 Å². The molecule has 0 fully saturated rings. The Labute approximate surface area is 121 Å². The summed E-state index contributed by atoms with van der Waals surface area (Å²) in [6.07, 6.45) is 0. The lowest BCUT2D eigenvalue weighted by molar-refractivity contribution is 0.307. The van der Waals surface area contributed by atoms with E-state index in [1.54, 1.807) is 0 Å². The van der Waals surface area contributed by atoms with E-state index in [2.05, 4.69) is 21.4 Å². The molecule has 2 aromatic rings. The molecule has 0 aliphatic rings. The highest BCUT2D eigenvalue weighted by atomic mass is 79.9. The number of hydrogen-bond acceptors (Lipinski definition) is 3. The van der Waals surface area contributed by atoms with Crippen molar-refractivity contribution in [1.29, 1.82) is 0 Å². The first-order chi connectivity index (χ1) is 8.29. The largest absolute Gasteiger partial charge is 0.487 e. The van der Waals surface area contributed by atoms with Gasteiger partial charge in [0, 0.05) is 4.47 Å². The molecule has 96 valence electrons. The van der Waals surface area contributed by atoms with E-state index in [0.717, 1.165) is 21.5 Å². The molecular formula is C13H14BrClN2O. The van der Waals surface area contributed by atoms with Gasteiger partial charge in [0.2, 0.25) is 0 Å². The third kappa shape index (κ3) is 3.91. The average molecular weight is 330 g/mol. The number of hydrogen-bond donors (Lipinski definition) is 2. The van der Waals surface area contributed by atoms with Crippen LogP contribution in [0.3, 0.4) is 0 Å². The van der Waals surface area contributed by atoms with Gasteiger partial charge in [-0.2, -0.15) is 0 Å². The van der Waals surface area contributed by atoms with Crippen LogP contribution in [0.5, 0.6) is 5.75 Å². The van der Waals surface area contributed by atoms with E-state index in [1.165, 1.54) is 0 Å². The van der Waals surface area contributed by atoms with Crippen LogP contribution in [0.2, 0.25) is 0 Å². The minimum absolute atomic E-state index is 0. The lowest BCUT2D eigenvalue weighted by Crippen LogP contribution is -2.08. The van der Waals surface area contributed by atoms with Gasteiger partial charge in [0.25, 0.3) is 0 Å². The number of anilines is 1. The molecule has 3 N–H and O–H groups in total. The Kier molecular flexibility index (Phi) is 5.98. The molecule has 5 heteroatoms. The van der Waals surface area contributed by atoms with Crippen LogP contribution in [-0.4, -0.2) is 0 Å². The monoisotopic (exact) mass is 328 g/mol. The van der Waals surface area contributed by atoms with Gasteiger partial charge in [-0.25, -0.2) is 0 Å². The van der Waals surface area contributed by atoms with Crippen LogP contribution in [0.4, 0.5) is 5.69 Å². The molecule has 18 heavy (non-hydrogen) atoms. The number of benzene rings is 2. The maximum atomic E-state index is 5.72. The fraction of sp³-hybridized carbons (Fsp3) is 0.0769. The number of nitrogens with one attached hydrogen (secondary N) is 1. The zero-order chi connectivity index (χ0) is 12.1. The van der Waals surface area contributed by atoms with E-state index < -0.39 is 0 Å². The summed E-state index contributed by atoms with van der Waals surface area (Å²) < 4.78 is 6.68. The minimum atomic E-state index is 0. The summed E-state index contributed by atoms with van der Waals surface area (Å²) in [5.74, 6) is 6.15. The van der Waals surface area contributed by atoms with Gasteiger partial charge in [-0.1, -0.05) is 46.3 Å². The lowest BCUT2D eigenvalue weighted by atomic mass is 10.2. The molecule has 3 nitrogen and oxygen atoms in total. The van der Waals surface area contributed by atoms with Gasteiger partial charge in [0.05, 0.1) is 5.69 Å². The number of halogens is 2. The Morgan fingerprint density at radius 2 is 1.83 bits per heavy atom. The van der Waals surface area contributed by atoms with Crippen LogP contribution >= 0.6 is 28.3 Å². The Morgan fingerprint density at radius 3 is 2.50 bits per heavy atom. The zero-order valence-electron chi connectivity index (χ0n) is 9.60. The Morgan fingerprint density at radius 1 is 1.11 bits per heavy atom. The number of hydrazine groups is 1. The summed E-state index contributed by atoms with van der Waals surface area (Å²) in [6, 6.07) is 15.7. The Balaban J connectivity index is 0.00000162. The summed E-state index contributed by atoms with van der Waals surface area (Å²) in [6.45, 7) is 0.520. The first kappa shape index (κ1) is 14.8. The molecule has 2 rings (SSSR count). The average Bonchev–Trinajstić information content (AvgIpc) is 2.38. The van der Waals surface area contributed by atoms with Gasteiger partial charge < -0.3 is 10.2 Å². The minimum Gasteiger partial charge on any atom is -0.487 e. The SMILES string of the molecule is Cl.NNc1ccc(Br)cc1OCc1ccccc1.